The number of carbonyl (C=O) groups excluding carboxylic acids is 1. The minimum atomic E-state index is -5.84. The van der Waals surface area contributed by atoms with Crippen molar-refractivity contribution in [2.24, 2.45) is 0 Å². The first kappa shape index (κ1) is 33.0. The highest BCUT2D eigenvalue weighted by atomic mass is 19.4. The molecule has 3 aliphatic rings. The Balaban J connectivity index is 1.41. The Labute approximate surface area is 240 Å². The molecule has 0 radical (unpaired) electrons. The highest BCUT2D eigenvalue weighted by Gasteiger charge is 2.60. The smallest absolute Gasteiger partial charge is 0.434 e. The van der Waals surface area contributed by atoms with Crippen LogP contribution in [-0.2, 0) is 22.3 Å². The van der Waals surface area contributed by atoms with E-state index in [9.17, 15) is 54.2 Å². The molecule has 4 rings (SSSR count). The van der Waals surface area contributed by atoms with E-state index in [1.807, 2.05) is 9.80 Å². The molecule has 0 aliphatic carbocycles. The number of halogens is 9. The predicted octanol–water partition coefficient (Wildman–Crippen LogP) is 4.97. The molecular weight excluding hydrogens is 603 g/mol. The molecule has 8 nitrogen and oxygen atoms in total. The fourth-order valence-electron chi connectivity index (χ4n) is 5.92. The van der Waals surface area contributed by atoms with Crippen molar-refractivity contribution in [2.45, 2.75) is 68.9 Å². The number of benzene rings is 1. The topological polar surface area (TPSA) is 76.6 Å². The summed E-state index contributed by atoms with van der Waals surface area (Å²) in [5.74, 6) is -0.894. The predicted molar refractivity (Wildman–Crippen MR) is 133 cm³/mol. The van der Waals surface area contributed by atoms with Crippen molar-refractivity contribution in [2.75, 3.05) is 50.7 Å². The van der Waals surface area contributed by atoms with Gasteiger partial charge in [-0.15, -0.1) is 0 Å². The van der Waals surface area contributed by atoms with E-state index in [1.165, 1.54) is 6.07 Å². The number of likely N-dealkylation sites (tertiary alicyclic amines) is 1. The van der Waals surface area contributed by atoms with Gasteiger partial charge in [0.05, 0.1) is 5.56 Å². The van der Waals surface area contributed by atoms with Gasteiger partial charge in [-0.05, 0) is 49.9 Å². The van der Waals surface area contributed by atoms with Crippen molar-refractivity contribution in [1.29, 1.82) is 0 Å². The Bertz CT molecular complexity index is 1130. The summed E-state index contributed by atoms with van der Waals surface area (Å²) in [5.41, 5.74) is 0.0149. The summed E-state index contributed by atoms with van der Waals surface area (Å²) in [6.07, 6.45) is -19.9. The third kappa shape index (κ3) is 7.96. The molecule has 1 aromatic carbocycles. The van der Waals surface area contributed by atoms with Crippen LogP contribution in [0.1, 0.15) is 36.8 Å². The number of alkyl halides is 9. The first-order valence-corrected chi connectivity index (χ1v) is 13.7. The molecule has 1 aromatic rings. The molecule has 3 aliphatic heterocycles. The number of rotatable bonds is 6. The van der Waals surface area contributed by atoms with E-state index in [1.54, 1.807) is 4.90 Å². The third-order valence-corrected chi connectivity index (χ3v) is 8.10. The van der Waals surface area contributed by atoms with Gasteiger partial charge in [-0.2, -0.15) is 39.5 Å². The lowest BCUT2D eigenvalue weighted by molar-refractivity contribution is -0.308. The van der Waals surface area contributed by atoms with E-state index in [4.69, 9.17) is 0 Å². The molecule has 1 amide bonds. The first-order chi connectivity index (χ1) is 19.9. The van der Waals surface area contributed by atoms with Crippen molar-refractivity contribution in [3.8, 4) is 0 Å². The average Bonchev–Trinajstić information content (AvgIpc) is 3.41. The fraction of sp³-hybridized carbons (Fsp3) is 0.692. The SMILES string of the molecule is O=C(O)[C@@H]1CCCN1C1CCN(c2cc(C(F)(F)F)ccc2CN2CCN(C(=O)OC(C(F)(F)F)C(F)(F)F)CC2)CC1. The summed E-state index contributed by atoms with van der Waals surface area (Å²) in [4.78, 5) is 29.9. The van der Waals surface area contributed by atoms with Crippen LogP contribution in [0.3, 0.4) is 0 Å². The van der Waals surface area contributed by atoms with Gasteiger partial charge in [0.2, 0.25) is 0 Å². The Kier molecular flexibility index (Phi) is 9.64. The Morgan fingerprint density at radius 1 is 0.860 bits per heavy atom. The third-order valence-electron chi connectivity index (χ3n) is 8.10. The molecule has 0 aromatic heterocycles. The summed E-state index contributed by atoms with van der Waals surface area (Å²) in [7, 11) is 0. The molecule has 0 bridgehead atoms. The minimum Gasteiger partial charge on any atom is -0.480 e. The van der Waals surface area contributed by atoms with Crippen molar-refractivity contribution < 1.29 is 58.9 Å². The molecule has 3 saturated heterocycles. The number of aliphatic carboxylic acids is 1. The standard InChI is InChI=1S/C26H31F9N4O4/c27-24(28,29)17-4-3-16(20(14-17)37-8-5-18(6-9-37)39-7-1-2-19(39)21(40)41)15-36-10-12-38(13-11-36)23(42)43-22(25(30,31)32)26(33,34)35/h3-4,14,18-19,22H,1-2,5-13,15H2,(H,40,41)/t19-/m0/s1. The molecule has 3 fully saturated rings. The van der Waals surface area contributed by atoms with Gasteiger partial charge in [-0.25, -0.2) is 4.79 Å². The molecule has 0 saturated carbocycles. The van der Waals surface area contributed by atoms with Gasteiger partial charge in [0.1, 0.15) is 6.04 Å². The van der Waals surface area contributed by atoms with Crippen LogP contribution in [0.2, 0.25) is 0 Å². The normalized spacial score (nSPS) is 22.0. The van der Waals surface area contributed by atoms with E-state index in [0.29, 0.717) is 50.1 Å². The molecular formula is C26H31F9N4O4. The number of amides is 1. The van der Waals surface area contributed by atoms with Crippen LogP contribution in [0.5, 0.6) is 0 Å². The zero-order valence-electron chi connectivity index (χ0n) is 22.8. The molecule has 3 heterocycles. The maximum Gasteiger partial charge on any atom is 0.434 e. The van der Waals surface area contributed by atoms with E-state index in [0.717, 1.165) is 23.5 Å². The minimum absolute atomic E-state index is 0.0174. The monoisotopic (exact) mass is 634 g/mol. The van der Waals surface area contributed by atoms with Crippen LogP contribution in [0.15, 0.2) is 18.2 Å². The number of ether oxygens (including phenoxy) is 1. The summed E-state index contributed by atoms with van der Waals surface area (Å²) in [5, 5.41) is 9.51. The molecule has 1 N–H and O–H groups in total. The van der Waals surface area contributed by atoms with Gasteiger partial charge in [0, 0.05) is 57.5 Å². The first-order valence-electron chi connectivity index (χ1n) is 13.7. The summed E-state index contributed by atoms with van der Waals surface area (Å²) >= 11 is 0. The maximum atomic E-state index is 13.6. The van der Waals surface area contributed by atoms with Gasteiger partial charge >= 0.3 is 30.6 Å². The van der Waals surface area contributed by atoms with Crippen molar-refractivity contribution in [1.82, 2.24) is 14.7 Å². The van der Waals surface area contributed by atoms with E-state index < -0.39 is 48.3 Å². The largest absolute Gasteiger partial charge is 0.480 e. The summed E-state index contributed by atoms with van der Waals surface area (Å²) in [6, 6.07) is 2.73. The maximum absolute atomic E-state index is 13.6. The molecule has 0 spiro atoms. The molecule has 0 unspecified atom stereocenters. The Morgan fingerprint density at radius 3 is 2.00 bits per heavy atom. The molecule has 1 atom stereocenters. The van der Waals surface area contributed by atoms with Gasteiger partial charge in [-0.1, -0.05) is 6.07 Å². The number of hydrogen-bond acceptors (Lipinski definition) is 6. The molecule has 43 heavy (non-hydrogen) atoms. The molecule has 17 heteroatoms. The second kappa shape index (κ2) is 12.6. The van der Waals surface area contributed by atoms with Crippen LogP contribution in [0, 0.1) is 0 Å². The van der Waals surface area contributed by atoms with Crippen LogP contribution in [0.25, 0.3) is 0 Å². The Morgan fingerprint density at radius 2 is 1.47 bits per heavy atom. The number of piperazine rings is 1. The number of anilines is 1. The van der Waals surface area contributed by atoms with Gasteiger partial charge in [0.15, 0.2) is 0 Å². The van der Waals surface area contributed by atoms with Crippen LogP contribution < -0.4 is 4.90 Å². The lowest BCUT2D eigenvalue weighted by atomic mass is 9.99. The van der Waals surface area contributed by atoms with Gasteiger partial charge in [-0.3, -0.25) is 14.6 Å². The van der Waals surface area contributed by atoms with Crippen molar-refractivity contribution >= 4 is 17.7 Å². The van der Waals surface area contributed by atoms with Crippen molar-refractivity contribution in [3.63, 3.8) is 0 Å². The number of carbonyl (C=O) groups is 2. The average molecular weight is 635 g/mol. The lowest BCUT2D eigenvalue weighted by Gasteiger charge is -2.40. The number of carboxylic acid groups (broad SMARTS) is 1. The number of hydrogen-bond donors (Lipinski definition) is 1. The van der Waals surface area contributed by atoms with E-state index in [-0.39, 0.29) is 38.8 Å². The van der Waals surface area contributed by atoms with E-state index in [2.05, 4.69) is 4.74 Å². The summed E-state index contributed by atoms with van der Waals surface area (Å²) in [6.45, 7) is 1.12. The van der Waals surface area contributed by atoms with Gasteiger partial charge < -0.3 is 19.6 Å². The number of nitrogens with zero attached hydrogens (tertiary/aromatic N) is 4. The van der Waals surface area contributed by atoms with Gasteiger partial charge in [0.25, 0.3) is 6.10 Å². The fourth-order valence-corrected chi connectivity index (χ4v) is 5.92. The zero-order valence-corrected chi connectivity index (χ0v) is 22.8. The molecule has 242 valence electrons. The highest BCUT2D eigenvalue weighted by Crippen LogP contribution is 2.37. The second-order valence-electron chi connectivity index (χ2n) is 10.9. The quantitative estimate of drug-likeness (QED) is 0.443. The second-order valence-corrected chi connectivity index (χ2v) is 10.9. The number of piperidine rings is 1. The van der Waals surface area contributed by atoms with Crippen LogP contribution in [-0.4, -0.2) is 108 Å². The highest BCUT2D eigenvalue weighted by molar-refractivity contribution is 5.74. The summed E-state index contributed by atoms with van der Waals surface area (Å²) < 4.78 is 121. The number of carboxylic acids is 1. The Hall–Kier alpha value is -2.95. The van der Waals surface area contributed by atoms with Crippen LogP contribution in [0.4, 0.5) is 50.0 Å². The van der Waals surface area contributed by atoms with E-state index >= 15 is 0 Å². The lowest BCUT2D eigenvalue weighted by Crippen LogP contribution is -2.52. The zero-order chi connectivity index (χ0) is 31.7. The van der Waals surface area contributed by atoms with Crippen molar-refractivity contribution in [3.05, 3.63) is 29.3 Å². The van der Waals surface area contributed by atoms with Crippen LogP contribution >= 0.6 is 0 Å².